The lowest BCUT2D eigenvalue weighted by Crippen LogP contribution is -2.62. The van der Waals surface area contributed by atoms with Crippen molar-refractivity contribution in [3.63, 3.8) is 0 Å². The van der Waals surface area contributed by atoms with Gasteiger partial charge in [0.25, 0.3) is 0 Å². The van der Waals surface area contributed by atoms with Crippen LogP contribution in [0.4, 0.5) is 4.39 Å². The van der Waals surface area contributed by atoms with Gasteiger partial charge in [0.15, 0.2) is 11.6 Å². The van der Waals surface area contributed by atoms with Gasteiger partial charge in [-0.25, -0.2) is 4.39 Å². The molecule has 4 rings (SSSR count). The topological polar surface area (TPSA) is 54.9 Å². The van der Waals surface area contributed by atoms with E-state index in [2.05, 4.69) is 14.8 Å². The number of halogens is 1. The Morgan fingerprint density at radius 1 is 1.17 bits per heavy atom. The highest BCUT2D eigenvalue weighted by Gasteiger charge is 2.46. The zero-order valence-corrected chi connectivity index (χ0v) is 17.3. The van der Waals surface area contributed by atoms with Crippen molar-refractivity contribution in [2.75, 3.05) is 46.5 Å². The van der Waals surface area contributed by atoms with Gasteiger partial charge in [0.05, 0.1) is 12.6 Å². The molecule has 0 bridgehead atoms. The Bertz CT molecular complexity index is 863. The molecule has 30 heavy (non-hydrogen) atoms. The first-order valence-corrected chi connectivity index (χ1v) is 10.5. The second kappa shape index (κ2) is 9.20. The maximum atomic E-state index is 13.7. The molecule has 3 heterocycles. The Kier molecular flexibility index (Phi) is 6.41. The first kappa shape index (κ1) is 20.9. The molecule has 0 saturated carbocycles. The lowest BCUT2D eigenvalue weighted by atomic mass is 9.81. The van der Waals surface area contributed by atoms with E-state index in [1.807, 2.05) is 12.1 Å². The summed E-state index contributed by atoms with van der Waals surface area (Å²) in [5, 5.41) is 0. The second-order valence-electron chi connectivity index (χ2n) is 7.92. The number of nitrogens with zero attached hydrogens (tertiary/aromatic N) is 3. The summed E-state index contributed by atoms with van der Waals surface area (Å²) in [6.07, 6.45) is 3.06. The minimum absolute atomic E-state index is 0.100. The number of methoxy groups -OCH3 is 1. The SMILES string of the molecule is COc1cc(CN2CCN(C3(C(=O)c4ccccn4)CCOCC3)CC2)ccc1F. The van der Waals surface area contributed by atoms with Crippen molar-refractivity contribution in [2.45, 2.75) is 24.9 Å². The summed E-state index contributed by atoms with van der Waals surface area (Å²) in [4.78, 5) is 22.5. The molecule has 0 atom stereocenters. The Balaban J connectivity index is 1.45. The minimum atomic E-state index is -0.544. The molecular formula is C23H28FN3O3. The van der Waals surface area contributed by atoms with Gasteiger partial charge in [-0.2, -0.15) is 0 Å². The Morgan fingerprint density at radius 2 is 1.93 bits per heavy atom. The first-order chi connectivity index (χ1) is 14.6. The van der Waals surface area contributed by atoms with E-state index in [1.165, 1.54) is 13.2 Å². The van der Waals surface area contributed by atoms with E-state index >= 15 is 0 Å². The number of benzene rings is 1. The predicted octanol–water partition coefficient (Wildman–Crippen LogP) is 2.78. The molecule has 2 fully saturated rings. The quantitative estimate of drug-likeness (QED) is 0.679. The van der Waals surface area contributed by atoms with Gasteiger partial charge in [-0.3, -0.25) is 19.6 Å². The highest BCUT2D eigenvalue weighted by molar-refractivity contribution is 6.01. The Morgan fingerprint density at radius 3 is 2.60 bits per heavy atom. The van der Waals surface area contributed by atoms with Crippen molar-refractivity contribution in [3.05, 3.63) is 59.7 Å². The van der Waals surface area contributed by atoms with E-state index in [1.54, 1.807) is 24.4 Å². The van der Waals surface area contributed by atoms with Crippen LogP contribution in [-0.2, 0) is 11.3 Å². The molecule has 2 aliphatic rings. The number of hydrogen-bond acceptors (Lipinski definition) is 6. The van der Waals surface area contributed by atoms with Gasteiger partial charge in [-0.05, 0) is 42.7 Å². The van der Waals surface area contributed by atoms with Crippen molar-refractivity contribution >= 4 is 5.78 Å². The largest absolute Gasteiger partial charge is 0.494 e. The van der Waals surface area contributed by atoms with E-state index in [4.69, 9.17) is 9.47 Å². The van der Waals surface area contributed by atoms with Crippen LogP contribution in [0.3, 0.4) is 0 Å². The first-order valence-electron chi connectivity index (χ1n) is 10.5. The van der Waals surface area contributed by atoms with Crippen LogP contribution in [0.5, 0.6) is 5.75 Å². The number of ether oxygens (including phenoxy) is 2. The molecule has 2 aromatic rings. The number of carbonyl (C=O) groups is 1. The lowest BCUT2D eigenvalue weighted by molar-refractivity contribution is -0.0340. The standard InChI is InChI=1S/C23H28FN3O3/c1-29-21-16-18(5-6-19(21)24)17-26-10-12-27(13-11-26)23(7-14-30-15-8-23)22(28)20-4-2-3-9-25-20/h2-6,9,16H,7-8,10-15,17H2,1H3. The van der Waals surface area contributed by atoms with Gasteiger partial charge in [-0.1, -0.05) is 12.1 Å². The molecule has 0 unspecified atom stereocenters. The highest BCUT2D eigenvalue weighted by atomic mass is 19.1. The van der Waals surface area contributed by atoms with Gasteiger partial charge in [0.1, 0.15) is 5.69 Å². The molecule has 0 amide bonds. The van der Waals surface area contributed by atoms with Crippen LogP contribution in [0, 0.1) is 5.82 Å². The molecule has 0 spiro atoms. The van der Waals surface area contributed by atoms with Crippen LogP contribution in [0.25, 0.3) is 0 Å². The average Bonchev–Trinajstić information content (AvgIpc) is 2.81. The average molecular weight is 413 g/mol. The van der Waals surface area contributed by atoms with Crippen LogP contribution < -0.4 is 4.74 Å². The van der Waals surface area contributed by atoms with Gasteiger partial charge in [0.2, 0.25) is 5.78 Å². The van der Waals surface area contributed by atoms with E-state index in [9.17, 15) is 9.18 Å². The van der Waals surface area contributed by atoms with Crippen molar-refractivity contribution in [1.29, 1.82) is 0 Å². The zero-order chi connectivity index (χ0) is 21.0. The third-order valence-electron chi connectivity index (χ3n) is 6.24. The summed E-state index contributed by atoms with van der Waals surface area (Å²) >= 11 is 0. The van der Waals surface area contributed by atoms with Gasteiger partial charge in [-0.15, -0.1) is 0 Å². The molecule has 1 aromatic heterocycles. The van der Waals surface area contributed by atoms with E-state index in [0.717, 1.165) is 38.3 Å². The van der Waals surface area contributed by atoms with Crippen LogP contribution in [0.1, 0.15) is 28.9 Å². The number of carbonyl (C=O) groups excluding carboxylic acids is 1. The molecule has 0 N–H and O–H groups in total. The third kappa shape index (κ3) is 4.24. The minimum Gasteiger partial charge on any atom is -0.494 e. The summed E-state index contributed by atoms with van der Waals surface area (Å²) < 4.78 is 24.3. The Hall–Kier alpha value is -2.35. The molecule has 7 heteroatoms. The number of aromatic nitrogens is 1. The van der Waals surface area contributed by atoms with Crippen molar-refractivity contribution in [2.24, 2.45) is 0 Å². The van der Waals surface area contributed by atoms with E-state index < -0.39 is 5.54 Å². The number of rotatable bonds is 6. The second-order valence-corrected chi connectivity index (χ2v) is 7.92. The summed E-state index contributed by atoms with van der Waals surface area (Å²) in [7, 11) is 1.48. The molecule has 2 saturated heterocycles. The summed E-state index contributed by atoms with van der Waals surface area (Å²) in [6.45, 7) is 5.21. The molecular weight excluding hydrogens is 385 g/mol. The predicted molar refractivity (Wildman–Crippen MR) is 111 cm³/mol. The maximum Gasteiger partial charge on any atom is 0.201 e. The number of Topliss-reactive ketones (excluding diaryl/α,β-unsaturated/α-hetero) is 1. The van der Waals surface area contributed by atoms with Crippen LogP contribution in [0.15, 0.2) is 42.6 Å². The zero-order valence-electron chi connectivity index (χ0n) is 17.3. The number of piperazine rings is 1. The third-order valence-corrected chi connectivity index (χ3v) is 6.24. The van der Waals surface area contributed by atoms with Gasteiger partial charge < -0.3 is 9.47 Å². The van der Waals surface area contributed by atoms with Gasteiger partial charge >= 0.3 is 0 Å². The molecule has 0 aliphatic carbocycles. The normalized spacial score (nSPS) is 20.1. The maximum absolute atomic E-state index is 13.7. The fourth-order valence-electron chi connectivity index (χ4n) is 4.53. The molecule has 0 radical (unpaired) electrons. The fourth-order valence-corrected chi connectivity index (χ4v) is 4.53. The summed E-state index contributed by atoms with van der Waals surface area (Å²) in [5.74, 6) is 0.0249. The fraction of sp³-hybridized carbons (Fsp3) is 0.478. The molecule has 160 valence electrons. The highest BCUT2D eigenvalue weighted by Crippen LogP contribution is 2.32. The summed E-state index contributed by atoms with van der Waals surface area (Å²) in [6, 6.07) is 10.5. The van der Waals surface area contributed by atoms with Crippen LogP contribution >= 0.6 is 0 Å². The van der Waals surface area contributed by atoms with Crippen LogP contribution in [-0.4, -0.2) is 72.6 Å². The number of ketones is 1. The van der Waals surface area contributed by atoms with Crippen LogP contribution in [0.2, 0.25) is 0 Å². The summed E-state index contributed by atoms with van der Waals surface area (Å²) in [5.41, 5.74) is 1.00. The Labute approximate surface area is 176 Å². The molecule has 2 aliphatic heterocycles. The lowest BCUT2D eigenvalue weighted by Gasteiger charge is -2.48. The molecule has 1 aromatic carbocycles. The monoisotopic (exact) mass is 413 g/mol. The van der Waals surface area contributed by atoms with Gasteiger partial charge in [0, 0.05) is 52.1 Å². The van der Waals surface area contributed by atoms with Crippen molar-refractivity contribution in [3.8, 4) is 5.75 Å². The smallest absolute Gasteiger partial charge is 0.201 e. The van der Waals surface area contributed by atoms with Crippen molar-refractivity contribution < 1.29 is 18.7 Å². The van der Waals surface area contributed by atoms with Crippen molar-refractivity contribution in [1.82, 2.24) is 14.8 Å². The molecule has 6 nitrogen and oxygen atoms in total. The number of hydrogen-bond donors (Lipinski definition) is 0. The number of pyridine rings is 1. The van der Waals surface area contributed by atoms with E-state index in [-0.39, 0.29) is 17.3 Å². The van der Waals surface area contributed by atoms with E-state index in [0.29, 0.717) is 31.7 Å².